The van der Waals surface area contributed by atoms with Gasteiger partial charge in [-0.3, -0.25) is 0 Å². The van der Waals surface area contributed by atoms with E-state index in [9.17, 15) is 4.79 Å². The number of hydrogen-bond acceptors (Lipinski definition) is 2. The van der Waals surface area contributed by atoms with Crippen molar-refractivity contribution in [2.24, 2.45) is 4.99 Å². The molecule has 0 unspecified atom stereocenters. The lowest BCUT2D eigenvalue weighted by Gasteiger charge is -2.16. The summed E-state index contributed by atoms with van der Waals surface area (Å²) < 4.78 is 0. The van der Waals surface area contributed by atoms with Crippen LogP contribution in [0.2, 0.25) is 0 Å². The molecule has 0 radical (unpaired) electrons. The standard InChI is InChI=1S/C16H17NO/c1-2-5-11-12-6-3-8-14(12)16(17-10-18)15-9-4-7-13(11)15/h2H,1,3-9H2. The number of carbonyl (C=O) groups excluding carboxylic acids is 1. The summed E-state index contributed by atoms with van der Waals surface area (Å²) in [4.78, 5) is 14.7. The summed E-state index contributed by atoms with van der Waals surface area (Å²) >= 11 is 0. The van der Waals surface area contributed by atoms with Gasteiger partial charge in [0.05, 0.1) is 5.69 Å². The molecule has 0 amide bonds. The van der Waals surface area contributed by atoms with Gasteiger partial charge in [0, 0.05) is 0 Å². The Balaban J connectivity index is 2.31. The molecule has 0 saturated heterocycles. The molecule has 2 aliphatic carbocycles. The summed E-state index contributed by atoms with van der Waals surface area (Å²) in [6.07, 6.45) is 11.5. The molecule has 0 atom stereocenters. The van der Waals surface area contributed by atoms with Gasteiger partial charge < -0.3 is 0 Å². The second-order valence-electron chi connectivity index (χ2n) is 5.14. The van der Waals surface area contributed by atoms with Crippen LogP contribution in [0.1, 0.15) is 40.7 Å². The molecule has 2 heteroatoms. The molecule has 0 fully saturated rings. The molecule has 0 saturated carbocycles. The van der Waals surface area contributed by atoms with Crippen LogP contribution in [-0.2, 0) is 36.9 Å². The van der Waals surface area contributed by atoms with Crippen molar-refractivity contribution >= 4 is 11.8 Å². The van der Waals surface area contributed by atoms with Gasteiger partial charge in [-0.15, -0.1) is 6.58 Å². The number of isocyanates is 1. The lowest BCUT2D eigenvalue weighted by molar-refractivity contribution is 0.565. The fourth-order valence-corrected chi connectivity index (χ4v) is 3.61. The van der Waals surface area contributed by atoms with Crippen LogP contribution in [0.4, 0.5) is 5.69 Å². The van der Waals surface area contributed by atoms with Gasteiger partial charge in [0.25, 0.3) is 0 Å². The van der Waals surface area contributed by atoms with Crippen molar-refractivity contribution in [3.8, 4) is 0 Å². The number of aliphatic imine (C=N–C) groups is 1. The largest absolute Gasteiger partial charge is 0.240 e. The van der Waals surface area contributed by atoms with Crippen molar-refractivity contribution in [3.05, 3.63) is 40.5 Å². The molecule has 92 valence electrons. The van der Waals surface area contributed by atoms with E-state index in [2.05, 4.69) is 11.6 Å². The van der Waals surface area contributed by atoms with Crippen LogP contribution >= 0.6 is 0 Å². The number of hydrogen-bond donors (Lipinski definition) is 0. The zero-order valence-corrected chi connectivity index (χ0v) is 10.6. The topological polar surface area (TPSA) is 29.4 Å². The van der Waals surface area contributed by atoms with E-state index in [1.165, 1.54) is 40.7 Å². The van der Waals surface area contributed by atoms with Crippen LogP contribution in [0.25, 0.3) is 0 Å². The minimum Gasteiger partial charge on any atom is -0.211 e. The normalized spacial score (nSPS) is 16.0. The van der Waals surface area contributed by atoms with Crippen molar-refractivity contribution < 1.29 is 4.79 Å². The molecule has 2 nitrogen and oxygen atoms in total. The van der Waals surface area contributed by atoms with Crippen LogP contribution in [0, 0.1) is 0 Å². The zero-order chi connectivity index (χ0) is 12.5. The molecule has 2 aliphatic rings. The van der Waals surface area contributed by atoms with Crippen molar-refractivity contribution in [2.75, 3.05) is 0 Å². The van der Waals surface area contributed by atoms with Crippen molar-refractivity contribution in [2.45, 2.75) is 44.9 Å². The minimum atomic E-state index is 0.954. The van der Waals surface area contributed by atoms with E-state index in [4.69, 9.17) is 0 Å². The predicted molar refractivity (Wildman–Crippen MR) is 72.2 cm³/mol. The Morgan fingerprint density at radius 2 is 1.61 bits per heavy atom. The molecule has 0 aromatic heterocycles. The summed E-state index contributed by atoms with van der Waals surface area (Å²) in [5, 5.41) is 0. The number of benzene rings is 1. The van der Waals surface area contributed by atoms with Gasteiger partial charge in [-0.25, -0.2) is 4.79 Å². The van der Waals surface area contributed by atoms with E-state index in [-0.39, 0.29) is 0 Å². The highest BCUT2D eigenvalue weighted by Crippen LogP contribution is 2.43. The smallest absolute Gasteiger partial charge is 0.211 e. The summed E-state index contributed by atoms with van der Waals surface area (Å²) in [6, 6.07) is 0. The van der Waals surface area contributed by atoms with E-state index in [1.807, 2.05) is 6.08 Å². The first-order valence-corrected chi connectivity index (χ1v) is 6.74. The fourth-order valence-electron chi connectivity index (χ4n) is 3.61. The number of allylic oxidation sites excluding steroid dienone is 1. The second-order valence-corrected chi connectivity index (χ2v) is 5.14. The van der Waals surface area contributed by atoms with Gasteiger partial charge in [-0.1, -0.05) is 6.08 Å². The van der Waals surface area contributed by atoms with Crippen LogP contribution in [0.5, 0.6) is 0 Å². The number of nitrogens with zero attached hydrogens (tertiary/aromatic N) is 1. The summed E-state index contributed by atoms with van der Waals surface area (Å²) in [5.74, 6) is 0. The van der Waals surface area contributed by atoms with Crippen LogP contribution in [0.15, 0.2) is 17.6 Å². The molecule has 0 N–H and O–H groups in total. The van der Waals surface area contributed by atoms with Gasteiger partial charge in [-0.05, 0) is 72.8 Å². The summed E-state index contributed by atoms with van der Waals surface area (Å²) in [6.45, 7) is 3.88. The van der Waals surface area contributed by atoms with E-state index in [0.29, 0.717) is 0 Å². The van der Waals surface area contributed by atoms with E-state index in [1.54, 1.807) is 6.08 Å². The summed E-state index contributed by atoms with van der Waals surface area (Å²) in [5.41, 5.74) is 7.97. The van der Waals surface area contributed by atoms with Crippen LogP contribution in [0.3, 0.4) is 0 Å². The molecule has 1 aromatic carbocycles. The Hall–Kier alpha value is -1.66. The lowest BCUT2D eigenvalue weighted by atomic mass is 9.90. The average Bonchev–Trinajstić information content (AvgIpc) is 3.01. The first kappa shape index (κ1) is 11.4. The van der Waals surface area contributed by atoms with Crippen molar-refractivity contribution in [1.29, 1.82) is 0 Å². The number of rotatable bonds is 3. The Labute approximate surface area is 107 Å². The maximum absolute atomic E-state index is 10.7. The highest BCUT2D eigenvalue weighted by atomic mass is 16.1. The van der Waals surface area contributed by atoms with Gasteiger partial charge in [0.15, 0.2) is 0 Å². The molecule has 0 aliphatic heterocycles. The van der Waals surface area contributed by atoms with Crippen molar-refractivity contribution in [1.82, 2.24) is 0 Å². The second kappa shape index (κ2) is 4.55. The first-order valence-electron chi connectivity index (χ1n) is 6.74. The molecule has 18 heavy (non-hydrogen) atoms. The molecular formula is C16H17NO. The van der Waals surface area contributed by atoms with Gasteiger partial charge in [-0.2, -0.15) is 4.99 Å². The molecule has 0 heterocycles. The molecular weight excluding hydrogens is 222 g/mol. The predicted octanol–water partition coefficient (Wildman–Crippen LogP) is 3.36. The average molecular weight is 239 g/mol. The van der Waals surface area contributed by atoms with E-state index < -0.39 is 0 Å². The molecule has 0 bridgehead atoms. The Kier molecular flexibility index (Phi) is 2.89. The van der Waals surface area contributed by atoms with E-state index in [0.717, 1.165) is 37.8 Å². The fraction of sp³-hybridized carbons (Fsp3) is 0.438. The third-order valence-electron chi connectivity index (χ3n) is 4.24. The monoisotopic (exact) mass is 239 g/mol. The highest BCUT2D eigenvalue weighted by Gasteiger charge is 2.27. The van der Waals surface area contributed by atoms with Gasteiger partial charge in [0.2, 0.25) is 6.08 Å². The number of fused-ring (bicyclic) bond motifs is 2. The van der Waals surface area contributed by atoms with Gasteiger partial charge in [0.1, 0.15) is 0 Å². The van der Waals surface area contributed by atoms with E-state index >= 15 is 0 Å². The van der Waals surface area contributed by atoms with Crippen LogP contribution in [-0.4, -0.2) is 6.08 Å². The maximum atomic E-state index is 10.7. The third kappa shape index (κ3) is 1.57. The molecule has 1 aromatic rings. The first-order chi connectivity index (χ1) is 8.86. The van der Waals surface area contributed by atoms with Crippen molar-refractivity contribution in [3.63, 3.8) is 0 Å². The van der Waals surface area contributed by atoms with Crippen LogP contribution < -0.4 is 0 Å². The minimum absolute atomic E-state index is 0.954. The Morgan fingerprint density at radius 3 is 2.11 bits per heavy atom. The SMILES string of the molecule is C=CCc1c2c(c(N=C=O)c3c1CCC3)CCC2. The zero-order valence-electron chi connectivity index (χ0n) is 10.6. The third-order valence-corrected chi connectivity index (χ3v) is 4.24. The Bertz CT molecular complexity index is 530. The lowest BCUT2D eigenvalue weighted by Crippen LogP contribution is -2.01. The maximum Gasteiger partial charge on any atom is 0.240 e. The Morgan fingerprint density at radius 1 is 1.06 bits per heavy atom. The molecule has 0 spiro atoms. The quantitative estimate of drug-likeness (QED) is 0.452. The summed E-state index contributed by atoms with van der Waals surface area (Å²) in [7, 11) is 0. The van der Waals surface area contributed by atoms with Gasteiger partial charge >= 0.3 is 0 Å². The highest BCUT2D eigenvalue weighted by molar-refractivity contribution is 5.68. The molecule has 3 rings (SSSR count).